The van der Waals surface area contributed by atoms with Crippen molar-refractivity contribution in [1.29, 1.82) is 5.53 Å². The first-order chi connectivity index (χ1) is 6.06. The summed E-state index contributed by atoms with van der Waals surface area (Å²) in [5.41, 5.74) is 5.77. The van der Waals surface area contributed by atoms with Crippen LogP contribution >= 0.6 is 0 Å². The highest BCUT2D eigenvalue weighted by Crippen LogP contribution is 2.06. The summed E-state index contributed by atoms with van der Waals surface area (Å²) in [6.45, 7) is 5.42. The summed E-state index contributed by atoms with van der Waals surface area (Å²) in [5.74, 6) is 0. The molecule has 0 rings (SSSR count). The number of hydrogen-bond acceptors (Lipinski definition) is 3. The molecule has 13 heavy (non-hydrogen) atoms. The molecule has 0 fully saturated rings. The van der Waals surface area contributed by atoms with E-state index >= 15 is 0 Å². The molecule has 72 valence electrons. The SMILES string of the molecule is CC(C)(C)O/N=N/N=N/N=N/N=N. The first-order valence-electron chi connectivity index (χ1n) is 3.31. The molecule has 9 nitrogen and oxygen atoms in total. The maximum absolute atomic E-state index is 6.19. The molecule has 0 atom stereocenters. The number of nitrogens with zero attached hydrogens (tertiary/aromatic N) is 7. The summed E-state index contributed by atoms with van der Waals surface area (Å²) in [4.78, 5) is 4.81. The second-order valence-corrected chi connectivity index (χ2v) is 2.83. The van der Waals surface area contributed by atoms with Gasteiger partial charge in [0.15, 0.2) is 0 Å². The molecule has 0 spiro atoms. The minimum absolute atomic E-state index is 0.420. The fraction of sp³-hybridized carbons (Fsp3) is 1.00. The third-order valence-electron chi connectivity index (χ3n) is 0.556. The molecule has 0 saturated carbocycles. The molecule has 0 aliphatic rings. The summed E-state index contributed by atoms with van der Waals surface area (Å²) in [6.07, 6.45) is 0. The Kier molecular flexibility index (Phi) is 5.00. The van der Waals surface area contributed by atoms with Gasteiger partial charge in [0.1, 0.15) is 5.60 Å². The molecule has 0 saturated heterocycles. The van der Waals surface area contributed by atoms with E-state index in [9.17, 15) is 0 Å². The summed E-state index contributed by atoms with van der Waals surface area (Å²) in [6, 6.07) is 0. The topological polar surface area (TPSA) is 120 Å². The van der Waals surface area contributed by atoms with E-state index < -0.39 is 5.60 Å². The molecular formula is C4H10N8O. The van der Waals surface area contributed by atoms with Gasteiger partial charge in [0, 0.05) is 20.9 Å². The molecule has 0 bridgehead atoms. The standard InChI is InChI=1S/C4H10N8O/c1-4(2,3)13-12-11-10-9-8-7-6-5/h5H,1-3H3/b6-5?,8-7+,10-9+,12-11+. The summed E-state index contributed by atoms with van der Waals surface area (Å²) < 4.78 is 0. The zero-order valence-electron chi connectivity index (χ0n) is 7.54. The minimum atomic E-state index is -0.420. The van der Waals surface area contributed by atoms with Crippen LogP contribution in [0.2, 0.25) is 0 Å². The molecule has 0 heterocycles. The van der Waals surface area contributed by atoms with E-state index in [0.717, 1.165) is 0 Å². The van der Waals surface area contributed by atoms with Gasteiger partial charge in [0.25, 0.3) is 0 Å². The number of nitrogens with one attached hydrogen (secondary N) is 1. The van der Waals surface area contributed by atoms with Crippen LogP contribution in [0.5, 0.6) is 0 Å². The zero-order chi connectivity index (χ0) is 10.2. The Morgan fingerprint density at radius 1 is 0.923 bits per heavy atom. The quantitative estimate of drug-likeness (QED) is 0.526. The fourth-order valence-corrected chi connectivity index (χ4v) is 0.231. The first-order valence-corrected chi connectivity index (χ1v) is 3.31. The van der Waals surface area contributed by atoms with Crippen molar-refractivity contribution in [3.8, 4) is 0 Å². The molecular weight excluding hydrogens is 176 g/mol. The van der Waals surface area contributed by atoms with Gasteiger partial charge in [0.2, 0.25) is 0 Å². The maximum atomic E-state index is 6.19. The Morgan fingerprint density at radius 3 is 2.00 bits per heavy atom. The molecule has 0 aromatic rings. The van der Waals surface area contributed by atoms with E-state index in [1.807, 2.05) is 20.8 Å². The van der Waals surface area contributed by atoms with Gasteiger partial charge in [-0.05, 0) is 36.4 Å². The van der Waals surface area contributed by atoms with Crippen LogP contribution in [-0.4, -0.2) is 5.60 Å². The zero-order valence-corrected chi connectivity index (χ0v) is 7.54. The van der Waals surface area contributed by atoms with Gasteiger partial charge in [-0.2, -0.15) is 5.53 Å². The number of rotatable bonds is 4. The van der Waals surface area contributed by atoms with Crippen molar-refractivity contribution < 1.29 is 4.84 Å². The van der Waals surface area contributed by atoms with Crippen LogP contribution in [0, 0.1) is 5.53 Å². The highest BCUT2D eigenvalue weighted by atomic mass is 16.7. The minimum Gasteiger partial charge on any atom is -0.372 e. The van der Waals surface area contributed by atoms with Crippen LogP contribution in [0.25, 0.3) is 0 Å². The molecule has 0 amide bonds. The fourth-order valence-electron chi connectivity index (χ4n) is 0.231. The molecule has 0 aromatic heterocycles. The van der Waals surface area contributed by atoms with E-state index in [0.29, 0.717) is 0 Å². The lowest BCUT2D eigenvalue weighted by Crippen LogP contribution is -2.14. The molecule has 0 radical (unpaired) electrons. The van der Waals surface area contributed by atoms with Crippen molar-refractivity contribution in [2.45, 2.75) is 26.4 Å². The largest absolute Gasteiger partial charge is 0.372 e. The van der Waals surface area contributed by atoms with Crippen molar-refractivity contribution in [2.75, 3.05) is 0 Å². The van der Waals surface area contributed by atoms with Gasteiger partial charge >= 0.3 is 0 Å². The Morgan fingerprint density at radius 2 is 1.46 bits per heavy atom. The van der Waals surface area contributed by atoms with Crippen molar-refractivity contribution in [3.05, 3.63) is 0 Å². The molecule has 0 aromatic carbocycles. The van der Waals surface area contributed by atoms with E-state index in [4.69, 9.17) is 10.4 Å². The van der Waals surface area contributed by atoms with E-state index in [1.54, 1.807) is 0 Å². The maximum Gasteiger partial charge on any atom is 0.131 e. The molecule has 0 unspecified atom stereocenters. The molecule has 9 heteroatoms. The Hall–Kier alpha value is -1.80. The van der Waals surface area contributed by atoms with Gasteiger partial charge < -0.3 is 4.84 Å². The predicted octanol–water partition coefficient (Wildman–Crippen LogP) is 2.85. The first kappa shape index (κ1) is 11.2. The van der Waals surface area contributed by atoms with E-state index in [2.05, 4.69) is 36.6 Å². The second-order valence-electron chi connectivity index (χ2n) is 2.83. The molecule has 0 aliphatic carbocycles. The normalized spacial score (nSPS) is 13.2. The van der Waals surface area contributed by atoms with Crippen LogP contribution in [-0.2, 0) is 4.84 Å². The number of hydrogen-bond donors (Lipinski definition) is 1. The average molecular weight is 186 g/mol. The summed E-state index contributed by atoms with van der Waals surface area (Å²) >= 11 is 0. The Bertz CT molecular complexity index is 225. The monoisotopic (exact) mass is 186 g/mol. The molecule has 0 aliphatic heterocycles. The Labute approximate surface area is 74.4 Å². The Balaban J connectivity index is 3.69. The van der Waals surface area contributed by atoms with Gasteiger partial charge in [0.05, 0.1) is 0 Å². The third-order valence-corrected chi connectivity index (χ3v) is 0.556. The third kappa shape index (κ3) is 10.2. The van der Waals surface area contributed by atoms with Crippen molar-refractivity contribution in [2.24, 2.45) is 36.6 Å². The average Bonchev–Trinajstić information content (AvgIpc) is 2.01. The lowest BCUT2D eigenvalue weighted by Gasteiger charge is -2.12. The highest BCUT2D eigenvalue weighted by molar-refractivity contribution is 4.55. The second kappa shape index (κ2) is 5.80. The summed E-state index contributed by atoms with van der Waals surface area (Å²) in [5, 5.41) is 20.8. The van der Waals surface area contributed by atoms with Crippen LogP contribution in [0.3, 0.4) is 0 Å². The predicted molar refractivity (Wildman–Crippen MR) is 40.6 cm³/mol. The molecule has 1 N–H and O–H groups in total. The van der Waals surface area contributed by atoms with Crippen LogP contribution < -0.4 is 0 Å². The van der Waals surface area contributed by atoms with Crippen LogP contribution in [0.15, 0.2) is 36.6 Å². The lowest BCUT2D eigenvalue weighted by molar-refractivity contribution is -0.0136. The van der Waals surface area contributed by atoms with Crippen molar-refractivity contribution >= 4 is 0 Å². The highest BCUT2D eigenvalue weighted by Gasteiger charge is 2.09. The van der Waals surface area contributed by atoms with Crippen molar-refractivity contribution in [1.82, 2.24) is 0 Å². The van der Waals surface area contributed by atoms with Gasteiger partial charge in [-0.25, -0.2) is 0 Å². The van der Waals surface area contributed by atoms with E-state index in [-0.39, 0.29) is 0 Å². The summed E-state index contributed by atoms with van der Waals surface area (Å²) in [7, 11) is 0. The van der Waals surface area contributed by atoms with Crippen molar-refractivity contribution in [3.63, 3.8) is 0 Å². The smallest absolute Gasteiger partial charge is 0.131 e. The van der Waals surface area contributed by atoms with Gasteiger partial charge in [-0.1, -0.05) is 0 Å². The van der Waals surface area contributed by atoms with Gasteiger partial charge in [-0.3, -0.25) is 0 Å². The lowest BCUT2D eigenvalue weighted by atomic mass is 10.2. The van der Waals surface area contributed by atoms with Gasteiger partial charge in [-0.15, -0.1) is 0 Å². The van der Waals surface area contributed by atoms with Crippen LogP contribution in [0.1, 0.15) is 20.8 Å². The van der Waals surface area contributed by atoms with E-state index in [1.165, 1.54) is 0 Å². The van der Waals surface area contributed by atoms with Crippen LogP contribution in [0.4, 0.5) is 0 Å².